The van der Waals surface area contributed by atoms with E-state index in [0.29, 0.717) is 26.3 Å². The van der Waals surface area contributed by atoms with Gasteiger partial charge in [-0.2, -0.15) is 0 Å². The summed E-state index contributed by atoms with van der Waals surface area (Å²) in [6, 6.07) is 37.4. The average molecular weight is 584 g/mol. The molecular weight excluding hydrogens is 546 g/mol. The predicted octanol–water partition coefficient (Wildman–Crippen LogP) is 7.53. The Hall–Kier alpha value is -5.01. The molecule has 44 heavy (non-hydrogen) atoms. The van der Waals surface area contributed by atoms with Gasteiger partial charge in [-0.15, -0.1) is 0 Å². The van der Waals surface area contributed by atoms with E-state index in [4.69, 9.17) is 14.7 Å². The molecule has 1 amide bonds. The molecule has 0 unspecified atom stereocenters. The number of carbonyl (C=O) groups is 1. The molecule has 0 aliphatic rings. The topological polar surface area (TPSA) is 72.3 Å². The van der Waals surface area contributed by atoms with E-state index in [9.17, 15) is 4.79 Å². The van der Waals surface area contributed by atoms with E-state index in [1.165, 1.54) is 23.6 Å². The first kappa shape index (κ1) is 29.1. The number of benzene rings is 4. The standard InChI is InChI=1S/C37H37N5O2/c1-3-44-26-34-40-35-36(42(34)23-22-28-18-20-31(21-19-28)38-27(2)43)32-16-10-11-17-33(32)39-37(35)41(24-29-12-6-4-7-13-29)25-30-14-8-5-9-15-30/h4-21H,3,22-26H2,1-2H3,(H,38,43). The van der Waals surface area contributed by atoms with Crippen LogP contribution in [-0.4, -0.2) is 27.0 Å². The van der Waals surface area contributed by atoms with Crippen LogP contribution in [0.5, 0.6) is 0 Å². The van der Waals surface area contributed by atoms with E-state index < -0.39 is 0 Å². The van der Waals surface area contributed by atoms with Crippen molar-refractivity contribution in [2.75, 3.05) is 16.8 Å². The normalized spacial score (nSPS) is 11.2. The summed E-state index contributed by atoms with van der Waals surface area (Å²) in [6.07, 6.45) is 0.800. The Morgan fingerprint density at radius 3 is 2.07 bits per heavy atom. The fourth-order valence-corrected chi connectivity index (χ4v) is 5.64. The van der Waals surface area contributed by atoms with Crippen molar-refractivity contribution in [2.24, 2.45) is 0 Å². The van der Waals surface area contributed by atoms with Crippen molar-refractivity contribution >= 4 is 39.3 Å². The van der Waals surface area contributed by atoms with Gasteiger partial charge in [-0.05, 0) is 48.2 Å². The molecule has 6 rings (SSSR count). The number of para-hydroxylation sites is 1. The molecule has 2 aromatic heterocycles. The lowest BCUT2D eigenvalue weighted by atomic mass is 10.1. The number of carbonyl (C=O) groups excluding carboxylic acids is 1. The Morgan fingerprint density at radius 1 is 0.795 bits per heavy atom. The summed E-state index contributed by atoms with van der Waals surface area (Å²) < 4.78 is 8.25. The van der Waals surface area contributed by atoms with E-state index >= 15 is 0 Å². The van der Waals surface area contributed by atoms with Crippen LogP contribution in [0.4, 0.5) is 11.5 Å². The van der Waals surface area contributed by atoms with Crippen molar-refractivity contribution in [3.63, 3.8) is 0 Å². The van der Waals surface area contributed by atoms with Gasteiger partial charge in [0.15, 0.2) is 5.82 Å². The van der Waals surface area contributed by atoms with Crippen LogP contribution in [0.25, 0.3) is 21.9 Å². The van der Waals surface area contributed by atoms with E-state index in [2.05, 4.69) is 93.6 Å². The van der Waals surface area contributed by atoms with Gasteiger partial charge >= 0.3 is 0 Å². The van der Waals surface area contributed by atoms with Crippen molar-refractivity contribution in [1.82, 2.24) is 14.5 Å². The van der Waals surface area contributed by atoms with Crippen LogP contribution in [0, 0.1) is 0 Å². The second-order valence-electron chi connectivity index (χ2n) is 10.9. The van der Waals surface area contributed by atoms with Gasteiger partial charge in [0.25, 0.3) is 0 Å². The average Bonchev–Trinajstić information content (AvgIpc) is 3.42. The van der Waals surface area contributed by atoms with Crippen LogP contribution < -0.4 is 10.2 Å². The third kappa shape index (κ3) is 6.63. The molecule has 0 aliphatic carbocycles. The fraction of sp³-hybridized carbons (Fsp3) is 0.216. The molecule has 0 atom stereocenters. The van der Waals surface area contributed by atoms with E-state index in [1.807, 2.05) is 37.3 Å². The van der Waals surface area contributed by atoms with Crippen molar-refractivity contribution < 1.29 is 9.53 Å². The van der Waals surface area contributed by atoms with E-state index in [0.717, 1.165) is 52.2 Å². The van der Waals surface area contributed by atoms with Crippen LogP contribution in [0.15, 0.2) is 109 Å². The van der Waals surface area contributed by atoms with Crippen LogP contribution >= 0.6 is 0 Å². The second kappa shape index (κ2) is 13.5. The Kier molecular flexibility index (Phi) is 8.94. The number of amides is 1. The zero-order chi connectivity index (χ0) is 30.3. The number of aryl methyl sites for hydroxylation is 2. The molecule has 0 aliphatic heterocycles. The van der Waals surface area contributed by atoms with Gasteiger partial charge in [0.1, 0.15) is 17.9 Å². The molecule has 0 fully saturated rings. The van der Waals surface area contributed by atoms with Gasteiger partial charge < -0.3 is 19.5 Å². The highest BCUT2D eigenvalue weighted by Gasteiger charge is 2.22. The second-order valence-corrected chi connectivity index (χ2v) is 10.9. The van der Waals surface area contributed by atoms with Gasteiger partial charge in [0, 0.05) is 44.2 Å². The van der Waals surface area contributed by atoms with E-state index in [1.54, 1.807) is 0 Å². The first-order valence-corrected chi connectivity index (χ1v) is 15.1. The number of anilines is 2. The Bertz CT molecular complexity index is 1810. The lowest BCUT2D eigenvalue weighted by Crippen LogP contribution is -2.23. The van der Waals surface area contributed by atoms with Gasteiger partial charge in [0.05, 0.1) is 11.0 Å². The van der Waals surface area contributed by atoms with Gasteiger partial charge in [-0.25, -0.2) is 9.97 Å². The molecule has 1 N–H and O–H groups in total. The summed E-state index contributed by atoms with van der Waals surface area (Å²) in [6.45, 7) is 6.67. The summed E-state index contributed by atoms with van der Waals surface area (Å²) in [5, 5.41) is 3.92. The maximum absolute atomic E-state index is 11.5. The number of rotatable bonds is 12. The third-order valence-electron chi connectivity index (χ3n) is 7.71. The lowest BCUT2D eigenvalue weighted by Gasteiger charge is -2.25. The first-order chi connectivity index (χ1) is 21.6. The number of hydrogen-bond acceptors (Lipinski definition) is 5. The lowest BCUT2D eigenvalue weighted by molar-refractivity contribution is -0.114. The molecule has 7 nitrogen and oxygen atoms in total. The van der Waals surface area contributed by atoms with Crippen LogP contribution in [0.1, 0.15) is 36.4 Å². The number of ether oxygens (including phenoxy) is 1. The zero-order valence-corrected chi connectivity index (χ0v) is 25.2. The van der Waals surface area contributed by atoms with Gasteiger partial charge in [-0.3, -0.25) is 4.79 Å². The zero-order valence-electron chi connectivity index (χ0n) is 25.2. The molecule has 0 bridgehead atoms. The molecular formula is C37H37N5O2. The Labute approximate surface area is 258 Å². The van der Waals surface area contributed by atoms with Gasteiger partial charge in [-0.1, -0.05) is 91.0 Å². The molecule has 4 aromatic carbocycles. The van der Waals surface area contributed by atoms with Gasteiger partial charge in [0.2, 0.25) is 5.91 Å². The van der Waals surface area contributed by atoms with Crippen molar-refractivity contribution in [3.05, 3.63) is 132 Å². The predicted molar refractivity (Wildman–Crippen MR) is 178 cm³/mol. The smallest absolute Gasteiger partial charge is 0.221 e. The quantitative estimate of drug-likeness (QED) is 0.161. The number of fused-ring (bicyclic) bond motifs is 3. The Balaban J connectivity index is 1.46. The molecule has 0 saturated carbocycles. The summed E-state index contributed by atoms with van der Waals surface area (Å²) in [7, 11) is 0. The molecule has 222 valence electrons. The summed E-state index contributed by atoms with van der Waals surface area (Å²) in [5.74, 6) is 1.67. The maximum atomic E-state index is 11.5. The van der Waals surface area contributed by atoms with Crippen LogP contribution in [0.3, 0.4) is 0 Å². The van der Waals surface area contributed by atoms with E-state index in [-0.39, 0.29) is 5.91 Å². The number of hydrogen-bond donors (Lipinski definition) is 1. The number of imidazole rings is 1. The number of nitrogens with one attached hydrogen (secondary N) is 1. The highest BCUT2D eigenvalue weighted by molar-refractivity contribution is 6.07. The number of aromatic nitrogens is 3. The van der Waals surface area contributed by atoms with Crippen molar-refractivity contribution in [1.29, 1.82) is 0 Å². The fourth-order valence-electron chi connectivity index (χ4n) is 5.64. The molecule has 6 aromatic rings. The molecule has 0 saturated heterocycles. The summed E-state index contributed by atoms with van der Waals surface area (Å²) in [5.41, 5.74) is 7.28. The monoisotopic (exact) mass is 583 g/mol. The number of nitrogens with zero attached hydrogens (tertiary/aromatic N) is 4. The maximum Gasteiger partial charge on any atom is 0.221 e. The first-order valence-electron chi connectivity index (χ1n) is 15.1. The van der Waals surface area contributed by atoms with Crippen LogP contribution in [-0.2, 0) is 42.2 Å². The Morgan fingerprint density at radius 2 is 1.43 bits per heavy atom. The minimum absolute atomic E-state index is 0.0759. The summed E-state index contributed by atoms with van der Waals surface area (Å²) >= 11 is 0. The SMILES string of the molecule is CCOCc1nc2c(N(Cc3ccccc3)Cc3ccccc3)nc3ccccc3c2n1CCc1ccc(NC(C)=O)cc1. The minimum Gasteiger partial charge on any atom is -0.374 e. The minimum atomic E-state index is -0.0759. The molecule has 7 heteroatoms. The highest BCUT2D eigenvalue weighted by Crippen LogP contribution is 2.34. The highest BCUT2D eigenvalue weighted by atomic mass is 16.5. The van der Waals surface area contributed by atoms with Crippen molar-refractivity contribution in [2.45, 2.75) is 46.5 Å². The third-order valence-corrected chi connectivity index (χ3v) is 7.71. The van der Waals surface area contributed by atoms with Crippen molar-refractivity contribution in [3.8, 4) is 0 Å². The van der Waals surface area contributed by atoms with Crippen LogP contribution in [0.2, 0.25) is 0 Å². The summed E-state index contributed by atoms with van der Waals surface area (Å²) in [4.78, 5) is 24.3. The molecule has 0 spiro atoms. The molecule has 0 radical (unpaired) electrons. The largest absolute Gasteiger partial charge is 0.374 e. The number of pyridine rings is 1. The molecule has 2 heterocycles.